The fraction of sp³-hybridized carbons (Fsp3) is 0.500. The number of anilines is 1. The Morgan fingerprint density at radius 3 is 2.50 bits per heavy atom. The molecule has 0 aliphatic carbocycles. The van der Waals surface area contributed by atoms with Gasteiger partial charge in [-0.15, -0.1) is 0 Å². The number of hydrogen-bond donors (Lipinski definition) is 3. The van der Waals surface area contributed by atoms with Gasteiger partial charge in [0.2, 0.25) is 0 Å². The summed E-state index contributed by atoms with van der Waals surface area (Å²) in [6, 6.07) is 6.63. The van der Waals surface area contributed by atoms with E-state index in [9.17, 15) is 9.59 Å². The summed E-state index contributed by atoms with van der Waals surface area (Å²) in [6.07, 6.45) is 0. The van der Waals surface area contributed by atoms with Crippen LogP contribution in [0.25, 0.3) is 0 Å². The molecule has 0 aromatic heterocycles. The van der Waals surface area contributed by atoms with Crippen molar-refractivity contribution < 1.29 is 14.5 Å². The van der Waals surface area contributed by atoms with Gasteiger partial charge in [-0.25, -0.2) is 0 Å². The van der Waals surface area contributed by atoms with Gasteiger partial charge in [-0.2, -0.15) is 0 Å². The first-order chi connectivity index (χ1) is 10.1. The number of nitrogens with one attached hydrogen (secondary N) is 3. The predicted octanol–water partition coefficient (Wildman–Crippen LogP) is 1.10. The summed E-state index contributed by atoms with van der Waals surface area (Å²) in [5.74, 6) is -0.226. The summed E-state index contributed by atoms with van der Waals surface area (Å²) in [4.78, 5) is 25.0. The van der Waals surface area contributed by atoms with Crippen LogP contribution in [0.2, 0.25) is 5.02 Å². The molecule has 0 saturated carbocycles. The van der Waals surface area contributed by atoms with E-state index in [-0.39, 0.29) is 29.9 Å². The van der Waals surface area contributed by atoms with E-state index in [1.54, 1.807) is 31.2 Å². The highest BCUT2D eigenvalue weighted by atomic mass is 35.5. The Kier molecular flexibility index (Phi) is 6.38. The van der Waals surface area contributed by atoms with Gasteiger partial charge < -0.3 is 15.5 Å². The van der Waals surface area contributed by atoms with Gasteiger partial charge in [0, 0.05) is 16.2 Å². The number of likely N-dealkylation sites (N-methyl/N-ethyl adjacent to an activating group) is 1. The van der Waals surface area contributed by atoms with Gasteiger partial charge in [0.25, 0.3) is 11.8 Å². The lowest BCUT2D eigenvalue weighted by Crippen LogP contribution is -3.15. The zero-order valence-electron chi connectivity index (χ0n) is 13.8. The highest BCUT2D eigenvalue weighted by Crippen LogP contribution is 2.14. The molecule has 3 N–H and O–H groups in total. The van der Waals surface area contributed by atoms with Crippen molar-refractivity contribution in [2.24, 2.45) is 0 Å². The Morgan fingerprint density at radius 1 is 1.32 bits per heavy atom. The average molecular weight is 327 g/mol. The lowest BCUT2D eigenvalue weighted by Gasteiger charge is -2.24. The van der Waals surface area contributed by atoms with E-state index in [0.717, 1.165) is 4.90 Å². The molecule has 0 radical (unpaired) electrons. The third kappa shape index (κ3) is 6.45. The van der Waals surface area contributed by atoms with E-state index in [1.807, 2.05) is 27.8 Å². The Bertz CT molecular complexity index is 540. The topological polar surface area (TPSA) is 62.6 Å². The zero-order chi connectivity index (χ0) is 16.9. The minimum Gasteiger partial charge on any atom is -0.347 e. The van der Waals surface area contributed by atoms with E-state index in [1.165, 1.54) is 0 Å². The van der Waals surface area contributed by atoms with E-state index in [2.05, 4.69) is 10.6 Å². The molecule has 6 heteroatoms. The Hall–Kier alpha value is -1.59. The first-order valence-corrected chi connectivity index (χ1v) is 7.66. The largest absolute Gasteiger partial charge is 0.347 e. The summed E-state index contributed by atoms with van der Waals surface area (Å²) < 4.78 is 0. The SMILES string of the molecule is C[C@@H](C(=O)Nc1cccc(Cl)c1)[NH+](C)CC(=O)NC(C)(C)C. The fourth-order valence-corrected chi connectivity index (χ4v) is 2.10. The third-order valence-electron chi connectivity index (χ3n) is 3.18. The number of rotatable bonds is 5. The van der Waals surface area contributed by atoms with Crippen LogP contribution in [0.15, 0.2) is 24.3 Å². The molecule has 1 aromatic carbocycles. The number of benzene rings is 1. The standard InChI is InChI=1S/C16H24ClN3O2/c1-11(20(5)10-14(21)19-16(2,3)4)15(22)18-13-8-6-7-12(17)9-13/h6-9,11H,10H2,1-5H3,(H,18,22)(H,19,21)/p+1/t11-/m0/s1. The van der Waals surface area contributed by atoms with Gasteiger partial charge in [-0.05, 0) is 45.9 Å². The number of quaternary nitrogens is 1. The molecule has 0 heterocycles. The Balaban J connectivity index is 2.57. The fourth-order valence-electron chi connectivity index (χ4n) is 1.91. The van der Waals surface area contributed by atoms with Crippen LogP contribution in [-0.2, 0) is 9.59 Å². The number of carbonyl (C=O) groups excluding carboxylic acids is 2. The van der Waals surface area contributed by atoms with E-state index < -0.39 is 0 Å². The van der Waals surface area contributed by atoms with Crippen LogP contribution in [0.4, 0.5) is 5.69 Å². The molecule has 1 unspecified atom stereocenters. The van der Waals surface area contributed by atoms with E-state index in [0.29, 0.717) is 10.7 Å². The molecule has 0 bridgehead atoms. The van der Waals surface area contributed by atoms with Gasteiger partial charge in [-0.1, -0.05) is 17.7 Å². The number of hydrogen-bond acceptors (Lipinski definition) is 2. The number of halogens is 1. The van der Waals surface area contributed by atoms with Crippen LogP contribution in [0.5, 0.6) is 0 Å². The van der Waals surface area contributed by atoms with Crippen LogP contribution in [-0.4, -0.2) is 37.0 Å². The van der Waals surface area contributed by atoms with Crippen molar-refractivity contribution >= 4 is 29.1 Å². The quantitative estimate of drug-likeness (QED) is 0.758. The van der Waals surface area contributed by atoms with Crippen molar-refractivity contribution in [2.45, 2.75) is 39.3 Å². The van der Waals surface area contributed by atoms with Crippen molar-refractivity contribution in [3.05, 3.63) is 29.3 Å². The second-order valence-electron chi connectivity index (χ2n) is 6.54. The molecule has 0 saturated heterocycles. The van der Waals surface area contributed by atoms with Crippen molar-refractivity contribution in [1.29, 1.82) is 0 Å². The van der Waals surface area contributed by atoms with E-state index >= 15 is 0 Å². The Morgan fingerprint density at radius 2 is 1.95 bits per heavy atom. The maximum absolute atomic E-state index is 12.2. The molecule has 5 nitrogen and oxygen atoms in total. The molecule has 2 atom stereocenters. The summed E-state index contributed by atoms with van der Waals surface area (Å²) in [7, 11) is 1.82. The lowest BCUT2D eigenvalue weighted by molar-refractivity contribution is -0.885. The van der Waals surface area contributed by atoms with Crippen LogP contribution >= 0.6 is 11.6 Å². The van der Waals surface area contributed by atoms with Crippen LogP contribution in [0.3, 0.4) is 0 Å². The minimum atomic E-state index is -0.357. The van der Waals surface area contributed by atoms with E-state index in [4.69, 9.17) is 11.6 Å². The molecule has 0 aliphatic heterocycles. The highest BCUT2D eigenvalue weighted by Gasteiger charge is 2.25. The first-order valence-electron chi connectivity index (χ1n) is 7.28. The van der Waals surface area contributed by atoms with Gasteiger partial charge >= 0.3 is 0 Å². The second-order valence-corrected chi connectivity index (χ2v) is 6.98. The van der Waals surface area contributed by atoms with Crippen LogP contribution < -0.4 is 15.5 Å². The maximum Gasteiger partial charge on any atom is 0.282 e. The summed E-state index contributed by atoms with van der Waals surface area (Å²) in [6.45, 7) is 7.81. The van der Waals surface area contributed by atoms with Gasteiger partial charge in [0.05, 0.1) is 7.05 Å². The molecule has 0 spiro atoms. The lowest BCUT2D eigenvalue weighted by atomic mass is 10.1. The van der Waals surface area contributed by atoms with Gasteiger partial charge in [0.15, 0.2) is 12.6 Å². The average Bonchev–Trinajstić information content (AvgIpc) is 2.35. The molecule has 22 heavy (non-hydrogen) atoms. The van der Waals surface area contributed by atoms with Crippen molar-refractivity contribution in [1.82, 2.24) is 5.32 Å². The zero-order valence-corrected chi connectivity index (χ0v) is 14.5. The molecular formula is C16H25ClN3O2+. The van der Waals surface area contributed by atoms with Crippen molar-refractivity contribution in [3.63, 3.8) is 0 Å². The molecule has 0 fully saturated rings. The van der Waals surface area contributed by atoms with Crippen molar-refractivity contribution in [3.8, 4) is 0 Å². The molecule has 1 aromatic rings. The first kappa shape index (κ1) is 18.5. The number of carbonyl (C=O) groups is 2. The molecule has 0 aliphatic rings. The molecule has 2 amide bonds. The smallest absolute Gasteiger partial charge is 0.282 e. The maximum atomic E-state index is 12.2. The van der Waals surface area contributed by atoms with Crippen LogP contribution in [0.1, 0.15) is 27.7 Å². The van der Waals surface area contributed by atoms with Gasteiger partial charge in [-0.3, -0.25) is 9.59 Å². The highest BCUT2D eigenvalue weighted by molar-refractivity contribution is 6.30. The second kappa shape index (κ2) is 7.61. The van der Waals surface area contributed by atoms with Crippen LogP contribution in [0, 0.1) is 0 Å². The van der Waals surface area contributed by atoms with Crippen molar-refractivity contribution in [2.75, 3.05) is 18.9 Å². The molecule has 1 rings (SSSR count). The molecule has 122 valence electrons. The summed E-state index contributed by atoms with van der Waals surface area (Å²) in [5.41, 5.74) is 0.375. The van der Waals surface area contributed by atoms with Gasteiger partial charge in [0.1, 0.15) is 0 Å². The Labute approximate surface area is 137 Å². The molecular weight excluding hydrogens is 302 g/mol. The normalized spacial score (nSPS) is 14.1. The predicted molar refractivity (Wildman–Crippen MR) is 89.2 cm³/mol. The monoisotopic (exact) mass is 326 g/mol. The summed E-state index contributed by atoms with van der Waals surface area (Å²) in [5, 5.41) is 6.27. The third-order valence-corrected chi connectivity index (χ3v) is 3.41. The summed E-state index contributed by atoms with van der Waals surface area (Å²) >= 11 is 5.89. The number of amides is 2. The minimum absolute atomic E-state index is 0.0765.